The number of rotatable bonds is 3. The highest BCUT2D eigenvalue weighted by Crippen LogP contribution is 2.35. The molecular formula is C20H17ClF4N4O3S. The Morgan fingerprint density at radius 3 is 2.42 bits per heavy atom. The van der Waals surface area contributed by atoms with Crippen LogP contribution in [0.2, 0.25) is 5.02 Å². The smallest absolute Gasteiger partial charge is 0.292 e. The number of thioether (sulfide) groups is 1. The maximum absolute atomic E-state index is 14.7. The van der Waals surface area contributed by atoms with E-state index in [1.54, 1.807) is 4.90 Å². The highest BCUT2D eigenvalue weighted by Gasteiger charge is 2.37. The summed E-state index contributed by atoms with van der Waals surface area (Å²) in [6.07, 6.45) is -1.34. The largest absolute Gasteiger partial charge is 0.431 e. The zero-order valence-corrected chi connectivity index (χ0v) is 18.7. The van der Waals surface area contributed by atoms with Crippen molar-refractivity contribution < 1.29 is 22.4 Å². The van der Waals surface area contributed by atoms with Crippen molar-refractivity contribution in [1.29, 1.82) is 0 Å². The molecule has 1 saturated heterocycles. The fourth-order valence-corrected chi connectivity index (χ4v) is 5.12. The number of hydrogen-bond donors (Lipinski definition) is 0. The zero-order chi connectivity index (χ0) is 24.1. The van der Waals surface area contributed by atoms with E-state index >= 15 is 0 Å². The van der Waals surface area contributed by atoms with Gasteiger partial charge < -0.3 is 0 Å². The molecule has 0 N–H and O–H groups in total. The molecule has 0 spiro atoms. The number of benzene rings is 1. The highest BCUT2D eigenvalue weighted by molar-refractivity contribution is 8.15. The van der Waals surface area contributed by atoms with E-state index in [1.165, 1.54) is 11.8 Å². The van der Waals surface area contributed by atoms with Gasteiger partial charge in [-0.1, -0.05) is 36.2 Å². The van der Waals surface area contributed by atoms with Crippen LogP contribution < -0.4 is 11.2 Å². The molecule has 2 aliphatic rings. The van der Waals surface area contributed by atoms with Crippen molar-refractivity contribution in [3.05, 3.63) is 55.6 Å². The molecule has 33 heavy (non-hydrogen) atoms. The second kappa shape index (κ2) is 8.64. The fourth-order valence-electron chi connectivity index (χ4n) is 3.99. The monoisotopic (exact) mass is 504 g/mol. The number of carbonyl (C=O) groups is 1. The predicted molar refractivity (Wildman–Crippen MR) is 116 cm³/mol. The third kappa shape index (κ3) is 4.33. The SMILES string of the molecule is Cn1c(C(F)(F)F)cc(=O)n(-c2cc(/N=C3\SCC(=O)N3C3CCCC3)c(Cl)cc2F)c1=O. The molecular weight excluding hydrogens is 488 g/mol. The van der Waals surface area contributed by atoms with Gasteiger partial charge in [0.1, 0.15) is 11.5 Å². The minimum absolute atomic E-state index is 0.00484. The number of nitrogens with zero attached hydrogens (tertiary/aromatic N) is 4. The molecule has 7 nitrogen and oxygen atoms in total. The number of aromatic nitrogens is 2. The Hall–Kier alpha value is -2.60. The molecule has 2 fully saturated rings. The lowest BCUT2D eigenvalue weighted by Gasteiger charge is -2.23. The van der Waals surface area contributed by atoms with Crippen molar-refractivity contribution in [2.75, 3.05) is 5.75 Å². The lowest BCUT2D eigenvalue weighted by molar-refractivity contribution is -0.144. The molecule has 2 heterocycles. The van der Waals surface area contributed by atoms with Gasteiger partial charge in [0.2, 0.25) is 5.91 Å². The van der Waals surface area contributed by atoms with E-state index in [2.05, 4.69) is 4.99 Å². The Kier molecular flexibility index (Phi) is 6.16. The van der Waals surface area contributed by atoms with Crippen LogP contribution in [0.3, 0.4) is 0 Å². The van der Waals surface area contributed by atoms with Gasteiger partial charge in [0.05, 0.1) is 22.2 Å². The Bertz CT molecular complexity index is 1280. The highest BCUT2D eigenvalue weighted by atomic mass is 35.5. The van der Waals surface area contributed by atoms with Gasteiger partial charge in [-0.25, -0.2) is 18.7 Å². The average Bonchev–Trinajstić information content (AvgIpc) is 3.36. The van der Waals surface area contributed by atoms with Gasteiger partial charge in [-0.15, -0.1) is 0 Å². The normalized spacial score (nSPS) is 18.7. The van der Waals surface area contributed by atoms with Gasteiger partial charge in [0.25, 0.3) is 5.56 Å². The van der Waals surface area contributed by atoms with Crippen LogP contribution in [-0.2, 0) is 18.0 Å². The van der Waals surface area contributed by atoms with Gasteiger partial charge in [-0.05, 0) is 25.0 Å². The summed E-state index contributed by atoms with van der Waals surface area (Å²) in [7, 11) is 0.830. The molecule has 2 aromatic rings. The summed E-state index contributed by atoms with van der Waals surface area (Å²) < 4.78 is 54.5. The molecule has 0 radical (unpaired) electrons. The molecule has 1 amide bonds. The molecule has 13 heteroatoms. The maximum Gasteiger partial charge on any atom is 0.431 e. The second-order valence-electron chi connectivity index (χ2n) is 7.68. The number of hydrogen-bond acceptors (Lipinski definition) is 5. The fraction of sp³-hybridized carbons (Fsp3) is 0.400. The Labute approximate surface area is 193 Å². The van der Waals surface area contributed by atoms with Crippen LogP contribution in [0.1, 0.15) is 31.4 Å². The molecule has 0 atom stereocenters. The summed E-state index contributed by atoms with van der Waals surface area (Å²) in [6, 6.07) is 2.04. The van der Waals surface area contributed by atoms with Crippen LogP contribution in [0.15, 0.2) is 32.8 Å². The van der Waals surface area contributed by atoms with Crippen molar-refractivity contribution in [1.82, 2.24) is 14.0 Å². The zero-order valence-electron chi connectivity index (χ0n) is 17.2. The summed E-state index contributed by atoms with van der Waals surface area (Å²) in [5.74, 6) is -1.03. The number of aliphatic imine (C=N–C) groups is 1. The standard InChI is InChI=1S/C20H17ClF4N4O3S/c1-27-15(20(23,24)25)8-16(30)29(19(27)32)14-7-13(11(21)6-12(14)22)26-18-28(17(31)9-33-18)10-4-2-3-5-10/h6-8,10H,2-5,9H2,1H3/b26-18-. The maximum atomic E-state index is 14.7. The van der Waals surface area contributed by atoms with Crippen LogP contribution in [0, 0.1) is 5.82 Å². The first-order valence-corrected chi connectivity index (χ1v) is 11.3. The van der Waals surface area contributed by atoms with Gasteiger partial charge in [-0.3, -0.25) is 19.1 Å². The summed E-state index contributed by atoms with van der Waals surface area (Å²) in [6.45, 7) is 0. The minimum Gasteiger partial charge on any atom is -0.292 e. The Morgan fingerprint density at radius 1 is 1.12 bits per heavy atom. The molecule has 1 aromatic carbocycles. The van der Waals surface area contributed by atoms with Gasteiger partial charge >= 0.3 is 11.9 Å². The van der Waals surface area contributed by atoms with Crippen LogP contribution in [0.5, 0.6) is 0 Å². The molecule has 1 aromatic heterocycles. The van der Waals surface area contributed by atoms with E-state index in [4.69, 9.17) is 11.6 Å². The minimum atomic E-state index is -4.95. The lowest BCUT2D eigenvalue weighted by atomic mass is 10.2. The summed E-state index contributed by atoms with van der Waals surface area (Å²) in [5.41, 5.74) is -4.82. The Balaban J connectivity index is 1.84. The lowest BCUT2D eigenvalue weighted by Crippen LogP contribution is -2.41. The van der Waals surface area contributed by atoms with Gasteiger partial charge in [0, 0.05) is 19.2 Å². The summed E-state index contributed by atoms with van der Waals surface area (Å²) >= 11 is 7.31. The molecule has 1 aliphatic heterocycles. The van der Waals surface area contributed by atoms with Crippen molar-refractivity contribution in [3.8, 4) is 5.69 Å². The predicted octanol–water partition coefficient (Wildman–Crippen LogP) is 3.85. The molecule has 0 bridgehead atoms. The number of amidine groups is 1. The number of carbonyl (C=O) groups excluding carboxylic acids is 1. The van der Waals surface area contributed by atoms with E-state index in [0.29, 0.717) is 5.17 Å². The number of halogens is 5. The quantitative estimate of drug-likeness (QED) is 0.595. The van der Waals surface area contributed by atoms with E-state index in [1.807, 2.05) is 0 Å². The molecule has 1 aliphatic carbocycles. The van der Waals surface area contributed by atoms with E-state index < -0.39 is 34.6 Å². The second-order valence-corrected chi connectivity index (χ2v) is 9.03. The first kappa shape index (κ1) is 23.6. The molecule has 4 rings (SSSR count). The van der Waals surface area contributed by atoms with E-state index in [-0.39, 0.29) is 43.6 Å². The van der Waals surface area contributed by atoms with Gasteiger partial charge in [-0.2, -0.15) is 13.2 Å². The van der Waals surface area contributed by atoms with E-state index in [0.717, 1.165) is 44.9 Å². The topological polar surface area (TPSA) is 76.7 Å². The average molecular weight is 505 g/mol. The molecule has 176 valence electrons. The summed E-state index contributed by atoms with van der Waals surface area (Å²) in [5, 5.41) is 0.214. The van der Waals surface area contributed by atoms with Crippen molar-refractivity contribution in [3.63, 3.8) is 0 Å². The Morgan fingerprint density at radius 2 is 1.79 bits per heavy atom. The van der Waals surface area contributed by atoms with Crippen LogP contribution in [0.4, 0.5) is 23.2 Å². The summed E-state index contributed by atoms with van der Waals surface area (Å²) in [4.78, 5) is 43.3. The van der Waals surface area contributed by atoms with Crippen molar-refractivity contribution in [2.45, 2.75) is 37.9 Å². The third-order valence-corrected chi connectivity index (χ3v) is 6.81. The molecule has 1 saturated carbocycles. The van der Waals surface area contributed by atoms with E-state index in [9.17, 15) is 31.9 Å². The van der Waals surface area contributed by atoms with Gasteiger partial charge in [0.15, 0.2) is 5.17 Å². The van der Waals surface area contributed by atoms with Crippen LogP contribution in [0.25, 0.3) is 5.69 Å². The number of alkyl halides is 3. The third-order valence-electron chi connectivity index (χ3n) is 5.57. The van der Waals surface area contributed by atoms with Crippen molar-refractivity contribution >= 4 is 40.1 Å². The first-order chi connectivity index (χ1) is 15.5. The van der Waals surface area contributed by atoms with Crippen LogP contribution >= 0.6 is 23.4 Å². The van der Waals surface area contributed by atoms with Crippen molar-refractivity contribution in [2.24, 2.45) is 12.0 Å². The van der Waals surface area contributed by atoms with Crippen LogP contribution in [-0.4, -0.2) is 36.9 Å². The molecule has 0 unspecified atom stereocenters. The first-order valence-electron chi connectivity index (χ1n) is 9.92. The number of amides is 1.